The SMILES string of the molecule is C=C(C(=O)C(=O)N1CCN(C(=O)c2ccccc2)C[C@H]1C)c1c(C)ccnc1NC. The molecule has 1 aromatic heterocycles. The third-order valence-corrected chi connectivity index (χ3v) is 5.36. The highest BCUT2D eigenvalue weighted by atomic mass is 16.2. The van der Waals surface area contributed by atoms with Gasteiger partial charge in [0.1, 0.15) is 5.82 Å². The number of nitrogens with one attached hydrogen (secondary N) is 1. The third-order valence-electron chi connectivity index (χ3n) is 5.36. The van der Waals surface area contributed by atoms with E-state index in [2.05, 4.69) is 16.9 Å². The lowest BCUT2D eigenvalue weighted by Gasteiger charge is -2.39. The van der Waals surface area contributed by atoms with Crippen molar-refractivity contribution in [2.45, 2.75) is 19.9 Å². The molecule has 7 heteroatoms. The van der Waals surface area contributed by atoms with Gasteiger partial charge >= 0.3 is 0 Å². The van der Waals surface area contributed by atoms with Crippen molar-refractivity contribution in [3.8, 4) is 0 Å². The maximum absolute atomic E-state index is 13.0. The van der Waals surface area contributed by atoms with Crippen LogP contribution in [0.5, 0.6) is 0 Å². The lowest BCUT2D eigenvalue weighted by Crippen LogP contribution is -2.56. The normalized spacial score (nSPS) is 16.2. The maximum Gasteiger partial charge on any atom is 0.295 e. The van der Waals surface area contributed by atoms with Crippen molar-refractivity contribution in [2.24, 2.45) is 0 Å². The van der Waals surface area contributed by atoms with Gasteiger partial charge in [0.05, 0.1) is 0 Å². The summed E-state index contributed by atoms with van der Waals surface area (Å²) in [6.45, 7) is 8.60. The van der Waals surface area contributed by atoms with Gasteiger partial charge in [0.2, 0.25) is 0 Å². The molecule has 1 N–H and O–H groups in total. The van der Waals surface area contributed by atoms with Gasteiger partial charge in [-0.05, 0) is 37.6 Å². The number of ketones is 1. The molecule has 0 radical (unpaired) electrons. The van der Waals surface area contributed by atoms with Crippen LogP contribution in [-0.4, -0.2) is 65.1 Å². The van der Waals surface area contributed by atoms with E-state index < -0.39 is 11.7 Å². The zero-order chi connectivity index (χ0) is 21.8. The smallest absolute Gasteiger partial charge is 0.295 e. The van der Waals surface area contributed by atoms with Crippen LogP contribution >= 0.6 is 0 Å². The second kappa shape index (κ2) is 8.90. The highest BCUT2D eigenvalue weighted by Gasteiger charge is 2.34. The Kier molecular flexibility index (Phi) is 6.30. The Morgan fingerprint density at radius 2 is 1.83 bits per heavy atom. The molecule has 0 spiro atoms. The van der Waals surface area contributed by atoms with E-state index in [-0.39, 0.29) is 17.5 Å². The van der Waals surface area contributed by atoms with Crippen molar-refractivity contribution in [2.75, 3.05) is 32.0 Å². The summed E-state index contributed by atoms with van der Waals surface area (Å²) >= 11 is 0. The third kappa shape index (κ3) is 4.10. The van der Waals surface area contributed by atoms with Crippen LogP contribution < -0.4 is 5.32 Å². The van der Waals surface area contributed by atoms with E-state index in [1.807, 2.05) is 32.0 Å². The second-order valence-corrected chi connectivity index (χ2v) is 7.37. The largest absolute Gasteiger partial charge is 0.373 e. The molecule has 7 nitrogen and oxygen atoms in total. The van der Waals surface area contributed by atoms with Crippen LogP contribution in [-0.2, 0) is 9.59 Å². The molecule has 1 aliphatic heterocycles. The summed E-state index contributed by atoms with van der Waals surface area (Å²) in [6.07, 6.45) is 1.63. The maximum atomic E-state index is 13.0. The number of amides is 2. The van der Waals surface area contributed by atoms with E-state index in [1.54, 1.807) is 36.3 Å². The molecule has 1 atom stereocenters. The van der Waals surface area contributed by atoms with Gasteiger partial charge in [-0.2, -0.15) is 0 Å². The Hall–Kier alpha value is -3.48. The number of benzene rings is 1. The molecule has 2 amide bonds. The fourth-order valence-corrected chi connectivity index (χ4v) is 3.71. The molecule has 0 bridgehead atoms. The Morgan fingerprint density at radius 3 is 2.47 bits per heavy atom. The summed E-state index contributed by atoms with van der Waals surface area (Å²) in [7, 11) is 1.70. The van der Waals surface area contributed by atoms with Crippen molar-refractivity contribution in [3.63, 3.8) is 0 Å². The van der Waals surface area contributed by atoms with Gasteiger partial charge in [-0.15, -0.1) is 0 Å². The van der Waals surface area contributed by atoms with Gasteiger partial charge in [0.15, 0.2) is 0 Å². The number of aromatic nitrogens is 1. The summed E-state index contributed by atoms with van der Waals surface area (Å²) in [5.41, 5.74) is 2.08. The monoisotopic (exact) mass is 406 g/mol. The molecule has 3 rings (SSSR count). The number of piperazine rings is 1. The summed E-state index contributed by atoms with van der Waals surface area (Å²) in [4.78, 5) is 46.0. The van der Waals surface area contributed by atoms with Crippen LogP contribution in [0.15, 0.2) is 49.2 Å². The minimum Gasteiger partial charge on any atom is -0.373 e. The number of pyridine rings is 1. The number of aryl methyl sites for hydroxylation is 1. The highest BCUT2D eigenvalue weighted by Crippen LogP contribution is 2.26. The number of nitrogens with zero attached hydrogens (tertiary/aromatic N) is 3. The van der Waals surface area contributed by atoms with Crippen molar-refractivity contribution in [3.05, 3.63) is 65.9 Å². The Bertz CT molecular complexity index is 987. The van der Waals surface area contributed by atoms with Crippen molar-refractivity contribution in [1.29, 1.82) is 0 Å². The van der Waals surface area contributed by atoms with Gasteiger partial charge in [0.25, 0.3) is 17.6 Å². The first-order chi connectivity index (χ1) is 14.3. The number of rotatable bonds is 5. The zero-order valence-corrected chi connectivity index (χ0v) is 17.5. The first-order valence-electron chi connectivity index (χ1n) is 9.87. The van der Waals surface area contributed by atoms with Gasteiger partial charge in [0, 0.05) is 55.6 Å². The van der Waals surface area contributed by atoms with Crippen LogP contribution in [0.25, 0.3) is 5.57 Å². The van der Waals surface area contributed by atoms with Gasteiger partial charge in [-0.3, -0.25) is 14.4 Å². The van der Waals surface area contributed by atoms with E-state index in [1.165, 1.54) is 4.90 Å². The second-order valence-electron chi connectivity index (χ2n) is 7.37. The van der Waals surface area contributed by atoms with E-state index >= 15 is 0 Å². The fraction of sp³-hybridized carbons (Fsp3) is 0.304. The molecule has 1 saturated heterocycles. The molecule has 0 aliphatic carbocycles. The van der Waals surface area contributed by atoms with E-state index in [0.717, 1.165) is 5.56 Å². The van der Waals surface area contributed by atoms with Crippen LogP contribution in [0.2, 0.25) is 0 Å². The number of Topliss-reactive ketones (excluding diaryl/α,β-unsaturated/α-hetero) is 1. The standard InChI is InChI=1S/C23H26N4O3/c1-15-10-11-25-21(24-4)19(15)17(3)20(28)23(30)27-13-12-26(14-16(27)2)22(29)18-8-6-5-7-9-18/h5-11,16H,3,12-14H2,1-2,4H3,(H,24,25)/t16-/m1/s1. The molecule has 1 aliphatic rings. The quantitative estimate of drug-likeness (QED) is 0.609. The molecule has 0 saturated carbocycles. The summed E-state index contributed by atoms with van der Waals surface area (Å²) < 4.78 is 0. The summed E-state index contributed by atoms with van der Waals surface area (Å²) in [5.74, 6) is -0.829. The molecular formula is C23H26N4O3. The van der Waals surface area contributed by atoms with Crippen molar-refractivity contribution in [1.82, 2.24) is 14.8 Å². The van der Waals surface area contributed by atoms with Gasteiger partial charge in [-0.25, -0.2) is 4.98 Å². The topological polar surface area (TPSA) is 82.6 Å². The highest BCUT2D eigenvalue weighted by molar-refractivity contribution is 6.53. The molecule has 2 heterocycles. The summed E-state index contributed by atoms with van der Waals surface area (Å²) in [6, 6.07) is 10.5. The minimum absolute atomic E-state index is 0.0741. The first kappa shape index (κ1) is 21.2. The lowest BCUT2D eigenvalue weighted by molar-refractivity contribution is -0.144. The molecular weight excluding hydrogens is 380 g/mol. The van der Waals surface area contributed by atoms with Gasteiger partial charge < -0.3 is 15.1 Å². The number of hydrogen-bond acceptors (Lipinski definition) is 5. The predicted molar refractivity (Wildman–Crippen MR) is 116 cm³/mol. The van der Waals surface area contributed by atoms with E-state index in [0.29, 0.717) is 36.6 Å². The van der Waals surface area contributed by atoms with Crippen LogP contribution in [0.4, 0.5) is 5.82 Å². The van der Waals surface area contributed by atoms with Crippen LogP contribution in [0.1, 0.15) is 28.4 Å². The Morgan fingerprint density at radius 1 is 1.13 bits per heavy atom. The minimum atomic E-state index is -0.655. The molecule has 1 fully saturated rings. The van der Waals surface area contributed by atoms with E-state index in [4.69, 9.17) is 0 Å². The number of anilines is 1. The Labute approximate surface area is 176 Å². The number of carbonyl (C=O) groups excluding carboxylic acids is 3. The average Bonchev–Trinajstić information content (AvgIpc) is 2.77. The predicted octanol–water partition coefficient (Wildman–Crippen LogP) is 2.39. The summed E-state index contributed by atoms with van der Waals surface area (Å²) in [5, 5.41) is 2.94. The molecule has 1 aromatic carbocycles. The number of carbonyl (C=O) groups is 3. The number of hydrogen-bond donors (Lipinski definition) is 1. The van der Waals surface area contributed by atoms with Gasteiger partial charge in [-0.1, -0.05) is 24.8 Å². The molecule has 30 heavy (non-hydrogen) atoms. The lowest BCUT2D eigenvalue weighted by atomic mass is 9.98. The molecule has 2 aromatic rings. The molecule has 156 valence electrons. The fourth-order valence-electron chi connectivity index (χ4n) is 3.71. The molecule has 0 unspecified atom stereocenters. The van der Waals surface area contributed by atoms with Crippen LogP contribution in [0.3, 0.4) is 0 Å². The van der Waals surface area contributed by atoms with E-state index in [9.17, 15) is 14.4 Å². The average molecular weight is 406 g/mol. The van der Waals surface area contributed by atoms with Crippen LogP contribution in [0, 0.1) is 6.92 Å². The first-order valence-corrected chi connectivity index (χ1v) is 9.87. The van der Waals surface area contributed by atoms with Crippen molar-refractivity contribution < 1.29 is 14.4 Å². The zero-order valence-electron chi connectivity index (χ0n) is 17.5. The Balaban J connectivity index is 1.71. The van der Waals surface area contributed by atoms with Crippen molar-refractivity contribution >= 4 is 29.0 Å².